The van der Waals surface area contributed by atoms with Gasteiger partial charge in [-0.25, -0.2) is 10.5 Å². The van der Waals surface area contributed by atoms with Crippen LogP contribution in [0.5, 0.6) is 0 Å². The molecule has 0 aliphatic carbocycles. The lowest BCUT2D eigenvalue weighted by molar-refractivity contribution is -0.124. The van der Waals surface area contributed by atoms with E-state index in [9.17, 15) is 9.59 Å². The average molecular weight is 397 g/mol. The van der Waals surface area contributed by atoms with Crippen LogP contribution in [0.4, 0.5) is 0 Å². The zero-order valence-electron chi connectivity index (χ0n) is 16.0. The van der Waals surface area contributed by atoms with Gasteiger partial charge in [0.05, 0.1) is 11.0 Å². The van der Waals surface area contributed by atoms with Gasteiger partial charge in [0.1, 0.15) is 5.82 Å². The quantitative estimate of drug-likeness (QED) is 0.199. The van der Waals surface area contributed by atoms with Gasteiger partial charge < -0.3 is 4.98 Å². The third-order valence-corrected chi connectivity index (χ3v) is 4.72. The zero-order chi connectivity index (χ0) is 20.9. The minimum Gasteiger partial charge on any atom is -0.342 e. The third kappa shape index (κ3) is 4.34. The van der Waals surface area contributed by atoms with E-state index < -0.39 is 5.91 Å². The second kappa shape index (κ2) is 8.55. The van der Waals surface area contributed by atoms with Crippen LogP contribution in [-0.4, -0.2) is 26.9 Å². The molecular weight excluding hydrogens is 378 g/mol. The molecule has 0 unspecified atom stereocenters. The van der Waals surface area contributed by atoms with Crippen molar-refractivity contribution in [3.63, 3.8) is 0 Å². The summed E-state index contributed by atoms with van der Waals surface area (Å²) >= 11 is 0. The van der Waals surface area contributed by atoms with E-state index in [2.05, 4.69) is 9.97 Å². The lowest BCUT2D eigenvalue weighted by atomic mass is 10.0. The average Bonchev–Trinajstić information content (AvgIpc) is 3.19. The predicted molar refractivity (Wildman–Crippen MR) is 114 cm³/mol. The number of benzene rings is 3. The molecule has 0 saturated heterocycles. The van der Waals surface area contributed by atoms with Crippen molar-refractivity contribution in [2.75, 3.05) is 0 Å². The lowest BCUT2D eigenvalue weighted by Gasteiger charge is -2.00. The zero-order valence-corrected chi connectivity index (χ0v) is 16.0. The van der Waals surface area contributed by atoms with Crippen LogP contribution >= 0.6 is 0 Å². The highest BCUT2D eigenvalue weighted by Crippen LogP contribution is 2.18. The van der Waals surface area contributed by atoms with E-state index >= 15 is 0 Å². The van der Waals surface area contributed by atoms with Gasteiger partial charge in [-0.05, 0) is 35.4 Å². The van der Waals surface area contributed by atoms with Crippen molar-refractivity contribution in [2.24, 2.45) is 0 Å². The number of rotatable bonds is 6. The van der Waals surface area contributed by atoms with Gasteiger partial charge >= 0.3 is 0 Å². The summed E-state index contributed by atoms with van der Waals surface area (Å²) in [6.45, 7) is 0. The summed E-state index contributed by atoms with van der Waals surface area (Å²) in [6, 6.07) is 22.4. The molecule has 0 radical (unpaired) electrons. The van der Waals surface area contributed by atoms with Gasteiger partial charge in [0.25, 0.3) is 5.91 Å². The number of carbonyl (C=O) groups is 2. The van der Waals surface area contributed by atoms with Crippen LogP contribution < -0.4 is 5.48 Å². The maximum atomic E-state index is 12.7. The monoisotopic (exact) mass is 397 g/mol. The summed E-state index contributed by atoms with van der Waals surface area (Å²) in [5.41, 5.74) is 6.34. The number of aromatic nitrogens is 2. The number of carbonyl (C=O) groups excluding carboxylic acids is 2. The Morgan fingerprint density at radius 1 is 0.967 bits per heavy atom. The fourth-order valence-corrected chi connectivity index (χ4v) is 3.19. The van der Waals surface area contributed by atoms with Crippen molar-refractivity contribution < 1.29 is 14.8 Å². The van der Waals surface area contributed by atoms with Crippen LogP contribution in [0.1, 0.15) is 32.9 Å². The summed E-state index contributed by atoms with van der Waals surface area (Å²) in [7, 11) is 0. The van der Waals surface area contributed by atoms with Crippen molar-refractivity contribution in [3.05, 3.63) is 107 Å². The van der Waals surface area contributed by atoms with E-state index in [-0.39, 0.29) is 5.78 Å². The fourth-order valence-electron chi connectivity index (χ4n) is 3.19. The molecule has 6 nitrogen and oxygen atoms in total. The minimum absolute atomic E-state index is 0.0272. The van der Waals surface area contributed by atoms with Gasteiger partial charge in [-0.2, -0.15) is 0 Å². The minimum atomic E-state index is -0.577. The first-order valence-electron chi connectivity index (χ1n) is 9.42. The number of H-pyrrole nitrogens is 1. The molecule has 0 fully saturated rings. The Hall–Kier alpha value is -4.03. The summed E-state index contributed by atoms with van der Waals surface area (Å²) in [4.78, 5) is 31.6. The van der Waals surface area contributed by atoms with Crippen LogP contribution in [0.2, 0.25) is 0 Å². The van der Waals surface area contributed by atoms with Gasteiger partial charge in [-0.1, -0.05) is 54.6 Å². The van der Waals surface area contributed by atoms with Crippen molar-refractivity contribution in [1.82, 2.24) is 15.4 Å². The van der Waals surface area contributed by atoms with E-state index in [0.29, 0.717) is 17.5 Å². The molecule has 0 spiro atoms. The number of imidazole rings is 1. The number of aromatic amines is 1. The number of amides is 1. The molecule has 6 heteroatoms. The Morgan fingerprint density at radius 2 is 1.73 bits per heavy atom. The van der Waals surface area contributed by atoms with Gasteiger partial charge in [0, 0.05) is 23.6 Å². The van der Waals surface area contributed by atoms with E-state index in [1.54, 1.807) is 23.7 Å². The number of hydroxylamine groups is 1. The van der Waals surface area contributed by atoms with Crippen molar-refractivity contribution >= 4 is 28.8 Å². The largest absolute Gasteiger partial charge is 0.342 e. The van der Waals surface area contributed by atoms with Crippen LogP contribution in [0.25, 0.3) is 17.1 Å². The van der Waals surface area contributed by atoms with Gasteiger partial charge in [0.15, 0.2) is 5.78 Å². The second-order valence-electron chi connectivity index (χ2n) is 6.84. The molecule has 1 aromatic heterocycles. The summed E-state index contributed by atoms with van der Waals surface area (Å²) in [5, 5.41) is 8.51. The van der Waals surface area contributed by atoms with Crippen molar-refractivity contribution in [1.29, 1.82) is 0 Å². The highest BCUT2D eigenvalue weighted by atomic mass is 16.5. The van der Waals surface area contributed by atoms with Gasteiger partial charge in [-0.3, -0.25) is 14.8 Å². The molecule has 4 rings (SSSR count). The summed E-state index contributed by atoms with van der Waals surface area (Å²) in [5.74, 6) is 0.198. The number of fused-ring (bicyclic) bond motifs is 1. The van der Waals surface area contributed by atoms with E-state index in [4.69, 9.17) is 5.21 Å². The molecule has 4 aromatic rings. The SMILES string of the molecule is O=C(/C=C/c1ccc(Cc2nc3cc(C(=O)c4ccccc4)ccc3[nH]2)cc1)NO. The van der Waals surface area contributed by atoms with Gasteiger partial charge in [-0.15, -0.1) is 0 Å². The molecule has 0 aliphatic heterocycles. The molecule has 30 heavy (non-hydrogen) atoms. The Bertz CT molecular complexity index is 1230. The first-order valence-corrected chi connectivity index (χ1v) is 9.42. The van der Waals surface area contributed by atoms with Crippen molar-refractivity contribution in [2.45, 2.75) is 6.42 Å². The number of nitrogens with one attached hydrogen (secondary N) is 2. The number of hydrogen-bond acceptors (Lipinski definition) is 4. The molecule has 3 aromatic carbocycles. The van der Waals surface area contributed by atoms with Crippen LogP contribution in [-0.2, 0) is 11.2 Å². The Kier molecular flexibility index (Phi) is 5.50. The van der Waals surface area contributed by atoms with E-state index in [0.717, 1.165) is 28.0 Å². The predicted octanol–water partition coefficient (Wildman–Crippen LogP) is 3.90. The standard InChI is InChI=1S/C24H19N3O3/c28-23(27-30)13-10-16-6-8-17(9-7-16)14-22-25-20-12-11-19(15-21(20)26-22)24(29)18-4-2-1-3-5-18/h1-13,15,30H,14H2,(H,25,26)(H,27,28)/b13-10+. The molecule has 0 saturated carbocycles. The van der Waals surface area contributed by atoms with Crippen LogP contribution in [0.3, 0.4) is 0 Å². The topological polar surface area (TPSA) is 95.1 Å². The van der Waals surface area contributed by atoms with E-state index in [1.165, 1.54) is 6.08 Å². The second-order valence-corrected chi connectivity index (χ2v) is 6.84. The third-order valence-electron chi connectivity index (χ3n) is 4.72. The summed E-state index contributed by atoms with van der Waals surface area (Å²) < 4.78 is 0. The van der Waals surface area contributed by atoms with Crippen LogP contribution in [0.15, 0.2) is 78.9 Å². The Balaban J connectivity index is 1.51. The molecule has 1 amide bonds. The first kappa shape index (κ1) is 19.3. The highest BCUT2D eigenvalue weighted by Gasteiger charge is 2.11. The highest BCUT2D eigenvalue weighted by molar-refractivity contribution is 6.10. The molecule has 0 bridgehead atoms. The molecule has 1 heterocycles. The Labute approximate surface area is 172 Å². The lowest BCUT2D eigenvalue weighted by Crippen LogP contribution is -2.14. The number of ketones is 1. The molecule has 148 valence electrons. The normalized spacial score (nSPS) is 11.1. The van der Waals surface area contributed by atoms with E-state index in [1.807, 2.05) is 60.7 Å². The smallest absolute Gasteiger partial charge is 0.267 e. The van der Waals surface area contributed by atoms with Crippen LogP contribution in [0, 0.1) is 0 Å². The Morgan fingerprint density at radius 3 is 2.47 bits per heavy atom. The molecule has 3 N–H and O–H groups in total. The maximum absolute atomic E-state index is 12.7. The molecule has 0 atom stereocenters. The molecule has 0 aliphatic rings. The maximum Gasteiger partial charge on any atom is 0.267 e. The number of nitrogens with zero attached hydrogens (tertiary/aromatic N) is 1. The number of hydrogen-bond donors (Lipinski definition) is 3. The van der Waals surface area contributed by atoms with Crippen molar-refractivity contribution in [3.8, 4) is 0 Å². The fraction of sp³-hybridized carbons (Fsp3) is 0.0417. The summed E-state index contributed by atoms with van der Waals surface area (Å²) in [6.07, 6.45) is 3.47. The van der Waals surface area contributed by atoms with Gasteiger partial charge in [0.2, 0.25) is 0 Å². The molecular formula is C24H19N3O3. The first-order chi connectivity index (χ1) is 14.6.